The number of nitrogens with zero attached hydrogens (tertiary/aromatic N) is 1. The van der Waals surface area contributed by atoms with Gasteiger partial charge < -0.3 is 15.3 Å². The van der Waals surface area contributed by atoms with E-state index in [1.807, 2.05) is 25.1 Å². The molecule has 2 N–H and O–H groups in total. The number of carbonyl (C=O) groups excluding carboxylic acids is 1. The molecule has 2 atom stereocenters. The lowest BCUT2D eigenvalue weighted by Gasteiger charge is -2.38. The smallest absolute Gasteiger partial charge is 0.407 e. The molecule has 0 aliphatic carbocycles. The Bertz CT molecular complexity index is 855. The maximum Gasteiger partial charge on any atom is 0.407 e. The van der Waals surface area contributed by atoms with Gasteiger partial charge in [0.15, 0.2) is 0 Å². The number of amides is 2. The van der Waals surface area contributed by atoms with Gasteiger partial charge in [-0.3, -0.25) is 4.79 Å². The summed E-state index contributed by atoms with van der Waals surface area (Å²) >= 11 is 12.2. The van der Waals surface area contributed by atoms with Gasteiger partial charge in [-0.25, -0.2) is 4.79 Å². The van der Waals surface area contributed by atoms with Gasteiger partial charge in [0.25, 0.3) is 5.91 Å². The Balaban J connectivity index is 1.84. The number of aryl methyl sites for hydroxylation is 1. The van der Waals surface area contributed by atoms with Gasteiger partial charge >= 0.3 is 6.09 Å². The molecule has 1 aliphatic heterocycles. The van der Waals surface area contributed by atoms with Crippen LogP contribution in [-0.4, -0.2) is 41.1 Å². The van der Waals surface area contributed by atoms with Crippen LogP contribution in [0.25, 0.3) is 0 Å². The van der Waals surface area contributed by atoms with Crippen molar-refractivity contribution in [1.29, 1.82) is 0 Å². The average Bonchev–Trinajstić information content (AvgIpc) is 2.64. The summed E-state index contributed by atoms with van der Waals surface area (Å²) in [6.45, 7) is 2.61. The predicted octanol–water partition coefficient (Wildman–Crippen LogP) is 4.57. The SMILES string of the molecule is Cc1ccc(C(=O)NC2CCN(C(=O)O)CC2c2ccc(Cl)c(Cl)c2)cc1. The molecule has 1 fully saturated rings. The zero-order valence-corrected chi connectivity index (χ0v) is 16.3. The van der Waals surface area contributed by atoms with Crippen LogP contribution in [0.15, 0.2) is 42.5 Å². The molecule has 2 aromatic carbocycles. The zero-order valence-electron chi connectivity index (χ0n) is 14.8. The Morgan fingerprint density at radius 2 is 1.81 bits per heavy atom. The molecule has 0 radical (unpaired) electrons. The summed E-state index contributed by atoms with van der Waals surface area (Å²) in [7, 11) is 0. The lowest BCUT2D eigenvalue weighted by molar-refractivity contribution is 0.0888. The van der Waals surface area contributed by atoms with Gasteiger partial charge in [0.05, 0.1) is 10.0 Å². The summed E-state index contributed by atoms with van der Waals surface area (Å²) in [4.78, 5) is 25.4. The summed E-state index contributed by atoms with van der Waals surface area (Å²) in [5, 5.41) is 13.3. The molecule has 0 aromatic heterocycles. The monoisotopic (exact) mass is 406 g/mol. The first-order chi connectivity index (χ1) is 12.8. The highest BCUT2D eigenvalue weighted by atomic mass is 35.5. The predicted molar refractivity (Wildman–Crippen MR) is 106 cm³/mol. The van der Waals surface area contributed by atoms with Crippen LogP contribution < -0.4 is 5.32 Å². The number of nitrogens with one attached hydrogen (secondary N) is 1. The van der Waals surface area contributed by atoms with E-state index in [-0.39, 0.29) is 24.4 Å². The van der Waals surface area contributed by atoms with Crippen LogP contribution in [-0.2, 0) is 0 Å². The zero-order chi connectivity index (χ0) is 19.6. The molecule has 0 bridgehead atoms. The molecule has 0 spiro atoms. The van der Waals surface area contributed by atoms with Gasteiger partial charge in [-0.15, -0.1) is 0 Å². The van der Waals surface area contributed by atoms with E-state index in [4.69, 9.17) is 23.2 Å². The average molecular weight is 407 g/mol. The van der Waals surface area contributed by atoms with Crippen LogP contribution in [0.1, 0.15) is 33.8 Å². The largest absolute Gasteiger partial charge is 0.465 e. The molecule has 5 nitrogen and oxygen atoms in total. The van der Waals surface area contributed by atoms with Gasteiger partial charge in [-0.05, 0) is 43.2 Å². The van der Waals surface area contributed by atoms with Gasteiger partial charge in [-0.2, -0.15) is 0 Å². The fourth-order valence-electron chi connectivity index (χ4n) is 3.34. The fourth-order valence-corrected chi connectivity index (χ4v) is 3.64. The first-order valence-electron chi connectivity index (χ1n) is 8.65. The van der Waals surface area contributed by atoms with E-state index in [0.717, 1.165) is 11.1 Å². The number of hydrogen-bond acceptors (Lipinski definition) is 2. The standard InChI is InChI=1S/C20H20Cl2N2O3/c1-12-2-4-13(5-3-12)19(25)23-18-8-9-24(20(26)27)11-15(18)14-6-7-16(21)17(22)10-14/h2-7,10,15,18H,8-9,11H2,1H3,(H,23,25)(H,26,27). The van der Waals surface area contributed by atoms with Crippen LogP contribution in [0.3, 0.4) is 0 Å². The van der Waals surface area contributed by atoms with Crippen molar-refractivity contribution in [3.8, 4) is 0 Å². The van der Waals surface area contributed by atoms with Crippen LogP contribution in [0.5, 0.6) is 0 Å². The second-order valence-corrected chi connectivity index (χ2v) is 7.56. The summed E-state index contributed by atoms with van der Waals surface area (Å²) in [6, 6.07) is 12.4. The molecule has 7 heteroatoms. The fraction of sp³-hybridized carbons (Fsp3) is 0.300. The molecule has 2 amide bonds. The minimum Gasteiger partial charge on any atom is -0.465 e. The van der Waals surface area contributed by atoms with Gasteiger partial charge in [0.1, 0.15) is 0 Å². The van der Waals surface area contributed by atoms with Crippen LogP contribution in [0, 0.1) is 6.92 Å². The minimum atomic E-state index is -0.969. The second kappa shape index (κ2) is 8.19. The van der Waals surface area contributed by atoms with Crippen molar-refractivity contribution in [1.82, 2.24) is 10.2 Å². The van der Waals surface area contributed by atoms with Crippen LogP contribution >= 0.6 is 23.2 Å². The molecule has 3 rings (SSSR count). The number of likely N-dealkylation sites (tertiary alicyclic amines) is 1. The van der Waals surface area contributed by atoms with Crippen molar-refractivity contribution in [2.75, 3.05) is 13.1 Å². The molecule has 1 saturated heterocycles. The van der Waals surface area contributed by atoms with E-state index in [1.54, 1.807) is 24.3 Å². The van der Waals surface area contributed by atoms with E-state index in [1.165, 1.54) is 4.90 Å². The number of carboxylic acid groups (broad SMARTS) is 1. The van der Waals surface area contributed by atoms with Crippen molar-refractivity contribution in [2.24, 2.45) is 0 Å². The van der Waals surface area contributed by atoms with Gasteiger partial charge in [-0.1, -0.05) is 47.0 Å². The maximum atomic E-state index is 12.6. The first-order valence-corrected chi connectivity index (χ1v) is 9.41. The van der Waals surface area contributed by atoms with E-state index < -0.39 is 6.09 Å². The van der Waals surface area contributed by atoms with Crippen molar-refractivity contribution >= 4 is 35.2 Å². The third-order valence-corrected chi connectivity index (χ3v) is 5.62. The van der Waals surface area contributed by atoms with E-state index in [2.05, 4.69) is 5.32 Å². The normalized spacial score (nSPS) is 19.6. The number of piperidine rings is 1. The van der Waals surface area contributed by atoms with E-state index in [9.17, 15) is 14.7 Å². The molecule has 1 heterocycles. The van der Waals surface area contributed by atoms with Crippen LogP contribution in [0.4, 0.5) is 4.79 Å². The van der Waals surface area contributed by atoms with Gasteiger partial charge in [0, 0.05) is 30.6 Å². The molecular formula is C20H20Cl2N2O3. The summed E-state index contributed by atoms with van der Waals surface area (Å²) < 4.78 is 0. The quantitative estimate of drug-likeness (QED) is 0.783. The van der Waals surface area contributed by atoms with E-state index >= 15 is 0 Å². The number of halogens is 2. The highest BCUT2D eigenvalue weighted by molar-refractivity contribution is 6.42. The van der Waals surface area contributed by atoms with E-state index in [0.29, 0.717) is 28.6 Å². The summed E-state index contributed by atoms with van der Waals surface area (Å²) in [6.07, 6.45) is -0.446. The van der Waals surface area contributed by atoms with Crippen molar-refractivity contribution in [2.45, 2.75) is 25.3 Å². The number of benzene rings is 2. The highest BCUT2D eigenvalue weighted by Crippen LogP contribution is 2.32. The van der Waals surface area contributed by atoms with Crippen molar-refractivity contribution in [3.05, 3.63) is 69.2 Å². The summed E-state index contributed by atoms with van der Waals surface area (Å²) in [5.74, 6) is -0.382. The second-order valence-electron chi connectivity index (χ2n) is 6.74. The minimum absolute atomic E-state index is 0.172. The Morgan fingerprint density at radius 1 is 1.11 bits per heavy atom. The molecule has 1 aliphatic rings. The Labute approximate surface area is 167 Å². The lowest BCUT2D eigenvalue weighted by atomic mass is 9.86. The molecule has 0 saturated carbocycles. The highest BCUT2D eigenvalue weighted by Gasteiger charge is 2.33. The van der Waals surface area contributed by atoms with Crippen LogP contribution in [0.2, 0.25) is 10.0 Å². The first kappa shape index (κ1) is 19.5. The van der Waals surface area contributed by atoms with Crippen molar-refractivity contribution in [3.63, 3.8) is 0 Å². The third kappa shape index (κ3) is 4.54. The lowest BCUT2D eigenvalue weighted by Crippen LogP contribution is -2.51. The Hall–Kier alpha value is -2.24. The third-order valence-electron chi connectivity index (χ3n) is 4.89. The molecular weight excluding hydrogens is 387 g/mol. The molecule has 27 heavy (non-hydrogen) atoms. The Morgan fingerprint density at radius 3 is 2.44 bits per heavy atom. The number of rotatable bonds is 3. The topological polar surface area (TPSA) is 69.6 Å². The maximum absolute atomic E-state index is 12.6. The number of carbonyl (C=O) groups is 2. The molecule has 142 valence electrons. The van der Waals surface area contributed by atoms with Crippen molar-refractivity contribution < 1.29 is 14.7 Å². The Kier molecular flexibility index (Phi) is 5.92. The number of hydrogen-bond donors (Lipinski definition) is 2. The summed E-state index contributed by atoms with van der Waals surface area (Å²) in [5.41, 5.74) is 2.51. The molecule has 2 aromatic rings. The molecule has 2 unspecified atom stereocenters. The van der Waals surface area contributed by atoms with Gasteiger partial charge in [0.2, 0.25) is 0 Å².